The number of nitrogens with zero attached hydrogens (tertiary/aromatic N) is 1. The van der Waals surface area contributed by atoms with Crippen molar-refractivity contribution in [1.82, 2.24) is 0 Å². The molecule has 1 amide bonds. The summed E-state index contributed by atoms with van der Waals surface area (Å²) in [5, 5.41) is 3.58. The topological polar surface area (TPSA) is 58.6 Å². The number of unbranched alkanes of at least 4 members (excludes halogenated alkanes) is 2. The SMILES string of the molecule is CCCCCC(=O)N1c2ccccc2NC2=C(C(=O)CC(C)(C)C2)[C@@H]1c1cccc(OCCC)c1. The molecule has 0 spiro atoms. The molecule has 1 atom stereocenters. The molecule has 2 aliphatic rings. The first-order valence-electron chi connectivity index (χ1n) is 13.0. The average molecular weight is 475 g/mol. The zero-order valence-electron chi connectivity index (χ0n) is 21.5. The van der Waals surface area contributed by atoms with E-state index >= 15 is 0 Å². The lowest BCUT2D eigenvalue weighted by atomic mass is 9.73. The van der Waals surface area contributed by atoms with Crippen LogP contribution < -0.4 is 15.0 Å². The van der Waals surface area contributed by atoms with Gasteiger partial charge in [-0.1, -0.05) is 64.8 Å². The summed E-state index contributed by atoms with van der Waals surface area (Å²) in [4.78, 5) is 29.5. The van der Waals surface area contributed by atoms with E-state index in [0.717, 1.165) is 60.5 Å². The fourth-order valence-electron chi connectivity index (χ4n) is 5.22. The molecule has 5 heteroatoms. The number of carbonyl (C=O) groups excluding carboxylic acids is 2. The van der Waals surface area contributed by atoms with Gasteiger partial charge in [0.15, 0.2) is 5.78 Å². The van der Waals surface area contributed by atoms with E-state index in [1.54, 1.807) is 0 Å². The molecule has 0 aromatic heterocycles. The van der Waals surface area contributed by atoms with Crippen LogP contribution in [0, 0.1) is 5.41 Å². The molecule has 35 heavy (non-hydrogen) atoms. The van der Waals surface area contributed by atoms with E-state index in [2.05, 4.69) is 33.0 Å². The van der Waals surface area contributed by atoms with E-state index in [1.165, 1.54) is 0 Å². The number of hydrogen-bond donors (Lipinski definition) is 1. The molecule has 1 heterocycles. The van der Waals surface area contributed by atoms with Gasteiger partial charge in [0.2, 0.25) is 5.91 Å². The van der Waals surface area contributed by atoms with Gasteiger partial charge in [0.25, 0.3) is 0 Å². The molecular formula is C30H38N2O3. The fourth-order valence-corrected chi connectivity index (χ4v) is 5.22. The standard InChI is InChI=1S/C30H38N2O3/c1-5-7-8-16-27(34)32-25-15-10-9-14-23(25)31-24-19-30(3,4)20-26(33)28(24)29(32)21-12-11-13-22(18-21)35-17-6-2/h9-15,18,29,31H,5-8,16-17,19-20H2,1-4H3/t29-/m0/s1. The average Bonchev–Trinajstić information content (AvgIpc) is 2.96. The lowest BCUT2D eigenvalue weighted by molar-refractivity contribution is -0.119. The van der Waals surface area contributed by atoms with E-state index in [9.17, 15) is 9.59 Å². The van der Waals surface area contributed by atoms with Crippen LogP contribution in [0.15, 0.2) is 59.8 Å². The Bertz CT molecular complexity index is 1120. The summed E-state index contributed by atoms with van der Waals surface area (Å²) in [6.45, 7) is 9.11. The first-order valence-corrected chi connectivity index (χ1v) is 13.0. The second kappa shape index (κ2) is 10.7. The molecule has 0 saturated heterocycles. The first-order chi connectivity index (χ1) is 16.8. The lowest BCUT2D eigenvalue weighted by Gasteiger charge is -2.37. The largest absolute Gasteiger partial charge is 0.494 e. The zero-order valence-corrected chi connectivity index (χ0v) is 21.5. The third kappa shape index (κ3) is 5.44. The number of allylic oxidation sites excluding steroid dienone is 1. The Balaban J connectivity index is 1.90. The molecule has 0 bridgehead atoms. The maximum absolute atomic E-state index is 13.9. The van der Waals surface area contributed by atoms with Gasteiger partial charge in [0.05, 0.1) is 24.0 Å². The molecule has 0 fully saturated rings. The van der Waals surface area contributed by atoms with Crippen LogP contribution in [-0.4, -0.2) is 18.3 Å². The van der Waals surface area contributed by atoms with E-state index in [-0.39, 0.29) is 17.1 Å². The molecule has 0 unspecified atom stereocenters. The first kappa shape index (κ1) is 25.0. The number of ketones is 1. The Morgan fingerprint density at radius 3 is 2.63 bits per heavy atom. The van der Waals surface area contributed by atoms with Crippen LogP contribution in [0.2, 0.25) is 0 Å². The van der Waals surface area contributed by atoms with Gasteiger partial charge in [0.1, 0.15) is 5.75 Å². The molecule has 1 aliphatic heterocycles. The Hall–Kier alpha value is -3.08. The minimum Gasteiger partial charge on any atom is -0.494 e. The van der Waals surface area contributed by atoms with E-state index in [1.807, 2.05) is 53.4 Å². The van der Waals surface area contributed by atoms with Gasteiger partial charge < -0.3 is 10.1 Å². The molecule has 0 saturated carbocycles. The van der Waals surface area contributed by atoms with E-state index in [4.69, 9.17) is 4.74 Å². The fraction of sp³-hybridized carbons (Fsp3) is 0.467. The number of ether oxygens (including phenoxy) is 1. The van der Waals surface area contributed by atoms with Crippen molar-refractivity contribution in [2.24, 2.45) is 5.41 Å². The number of benzene rings is 2. The summed E-state index contributed by atoms with van der Waals surface area (Å²) in [6.07, 6.45) is 5.47. The highest BCUT2D eigenvalue weighted by molar-refractivity contribution is 6.06. The lowest BCUT2D eigenvalue weighted by Crippen LogP contribution is -2.39. The van der Waals surface area contributed by atoms with Gasteiger partial charge in [0, 0.05) is 24.1 Å². The molecule has 1 N–H and O–H groups in total. The van der Waals surface area contributed by atoms with Crippen molar-refractivity contribution in [2.45, 2.75) is 78.7 Å². The van der Waals surface area contributed by atoms with Gasteiger partial charge >= 0.3 is 0 Å². The maximum atomic E-state index is 13.9. The van der Waals surface area contributed by atoms with Crippen molar-refractivity contribution in [3.8, 4) is 5.75 Å². The summed E-state index contributed by atoms with van der Waals surface area (Å²) >= 11 is 0. The molecule has 0 radical (unpaired) electrons. The number of nitrogens with one attached hydrogen (secondary N) is 1. The van der Waals surface area contributed by atoms with Crippen LogP contribution in [0.5, 0.6) is 5.75 Å². The number of rotatable bonds is 8. The normalized spacial score (nSPS) is 18.9. The molecule has 2 aromatic carbocycles. The number of amides is 1. The van der Waals surface area contributed by atoms with Crippen molar-refractivity contribution in [2.75, 3.05) is 16.8 Å². The molecule has 4 rings (SSSR count). The van der Waals surface area contributed by atoms with Gasteiger partial charge in [-0.3, -0.25) is 14.5 Å². The quantitative estimate of drug-likeness (QED) is 0.411. The van der Waals surface area contributed by atoms with Gasteiger partial charge in [-0.2, -0.15) is 0 Å². The third-order valence-electron chi connectivity index (χ3n) is 6.81. The highest BCUT2D eigenvalue weighted by Crippen LogP contribution is 2.48. The summed E-state index contributed by atoms with van der Waals surface area (Å²) in [7, 11) is 0. The van der Waals surface area contributed by atoms with Crippen LogP contribution in [0.3, 0.4) is 0 Å². The predicted molar refractivity (Wildman–Crippen MR) is 142 cm³/mol. The van der Waals surface area contributed by atoms with E-state index < -0.39 is 6.04 Å². The van der Waals surface area contributed by atoms with Crippen molar-refractivity contribution in [3.05, 3.63) is 65.4 Å². The minimum absolute atomic E-state index is 0.0453. The number of Topliss-reactive ketones (excluding diaryl/α,β-unsaturated/α-hetero) is 1. The second-order valence-electron chi connectivity index (χ2n) is 10.5. The molecule has 5 nitrogen and oxygen atoms in total. The number of fused-ring (bicyclic) bond motifs is 1. The summed E-state index contributed by atoms with van der Waals surface area (Å²) in [5.41, 5.74) is 4.08. The molecular weight excluding hydrogens is 436 g/mol. The van der Waals surface area contributed by atoms with Gasteiger partial charge in [-0.25, -0.2) is 0 Å². The van der Waals surface area contributed by atoms with Crippen LogP contribution in [0.4, 0.5) is 11.4 Å². The smallest absolute Gasteiger partial charge is 0.227 e. The second-order valence-corrected chi connectivity index (χ2v) is 10.5. The zero-order chi connectivity index (χ0) is 25.0. The molecule has 1 aliphatic carbocycles. The Labute approximate surface area is 209 Å². The van der Waals surface area contributed by atoms with Crippen LogP contribution in [0.1, 0.15) is 84.2 Å². The van der Waals surface area contributed by atoms with Gasteiger partial charge in [-0.15, -0.1) is 0 Å². The highest BCUT2D eigenvalue weighted by atomic mass is 16.5. The minimum atomic E-state index is -0.496. The predicted octanol–water partition coefficient (Wildman–Crippen LogP) is 7.20. The number of anilines is 2. The van der Waals surface area contributed by atoms with Crippen molar-refractivity contribution < 1.29 is 14.3 Å². The van der Waals surface area contributed by atoms with Crippen molar-refractivity contribution in [1.29, 1.82) is 0 Å². The van der Waals surface area contributed by atoms with Crippen LogP contribution >= 0.6 is 0 Å². The number of hydrogen-bond acceptors (Lipinski definition) is 4. The highest BCUT2D eigenvalue weighted by Gasteiger charge is 2.43. The Morgan fingerprint density at radius 2 is 1.86 bits per heavy atom. The summed E-state index contributed by atoms with van der Waals surface area (Å²) in [5.74, 6) is 0.913. The number of para-hydroxylation sites is 2. The third-order valence-corrected chi connectivity index (χ3v) is 6.81. The Kier molecular flexibility index (Phi) is 7.63. The summed E-state index contributed by atoms with van der Waals surface area (Å²) in [6, 6.07) is 15.3. The number of carbonyl (C=O) groups is 2. The summed E-state index contributed by atoms with van der Waals surface area (Å²) < 4.78 is 5.94. The molecule has 2 aromatic rings. The maximum Gasteiger partial charge on any atom is 0.227 e. The molecule has 186 valence electrons. The van der Waals surface area contributed by atoms with E-state index in [0.29, 0.717) is 25.0 Å². The van der Waals surface area contributed by atoms with Gasteiger partial charge in [-0.05, 0) is 54.5 Å². The van der Waals surface area contributed by atoms with Crippen molar-refractivity contribution in [3.63, 3.8) is 0 Å². The monoisotopic (exact) mass is 474 g/mol. The Morgan fingerprint density at radius 1 is 1.06 bits per heavy atom. The van der Waals surface area contributed by atoms with Crippen LogP contribution in [0.25, 0.3) is 0 Å². The van der Waals surface area contributed by atoms with Crippen LogP contribution in [-0.2, 0) is 9.59 Å². The van der Waals surface area contributed by atoms with Crippen molar-refractivity contribution >= 4 is 23.1 Å².